The minimum atomic E-state index is -0.426. The smallest absolute Gasteiger partial charge is 0.253 e. The van der Waals surface area contributed by atoms with Crippen molar-refractivity contribution in [2.24, 2.45) is 5.92 Å². The Bertz CT molecular complexity index is 185. The molecule has 0 aromatic heterocycles. The molecule has 0 fully saturated rings. The Hall–Kier alpha value is -1.06. The zero-order chi connectivity index (χ0) is 9.72. The van der Waals surface area contributed by atoms with Crippen molar-refractivity contribution in [1.29, 1.82) is 0 Å². The number of rotatable bonds is 4. The van der Waals surface area contributed by atoms with Crippen LogP contribution in [0.2, 0.25) is 0 Å². The number of nitro groups is 1. The Morgan fingerprint density at radius 3 is 2.17 bits per heavy atom. The van der Waals surface area contributed by atoms with Crippen molar-refractivity contribution in [3.8, 4) is 0 Å². The first-order valence-corrected chi connectivity index (χ1v) is 4.05. The van der Waals surface area contributed by atoms with Crippen molar-refractivity contribution in [1.82, 2.24) is 5.32 Å². The lowest BCUT2D eigenvalue weighted by Gasteiger charge is -2.14. The van der Waals surface area contributed by atoms with Crippen LogP contribution in [-0.2, 0) is 0 Å². The maximum absolute atomic E-state index is 10.2. The molecule has 0 atom stereocenters. The topological polar surface area (TPSA) is 55.2 Å². The van der Waals surface area contributed by atoms with Crippen molar-refractivity contribution >= 4 is 0 Å². The van der Waals surface area contributed by atoms with E-state index in [0.29, 0.717) is 5.70 Å². The molecule has 70 valence electrons. The van der Waals surface area contributed by atoms with Gasteiger partial charge in [0.1, 0.15) is 0 Å². The van der Waals surface area contributed by atoms with Gasteiger partial charge in [0.05, 0.1) is 10.6 Å². The molecule has 0 amide bonds. The maximum atomic E-state index is 10.2. The summed E-state index contributed by atoms with van der Waals surface area (Å²) >= 11 is 0. The highest BCUT2D eigenvalue weighted by atomic mass is 16.6. The molecule has 0 aliphatic carbocycles. The lowest BCUT2D eigenvalue weighted by Crippen LogP contribution is -2.25. The fourth-order valence-corrected chi connectivity index (χ4v) is 0.800. The van der Waals surface area contributed by atoms with E-state index in [1.54, 1.807) is 0 Å². The fourth-order valence-electron chi connectivity index (χ4n) is 0.800. The summed E-state index contributed by atoms with van der Waals surface area (Å²) in [5, 5.41) is 13.2. The van der Waals surface area contributed by atoms with Crippen molar-refractivity contribution in [2.75, 3.05) is 0 Å². The SMILES string of the molecule is CC(C)N/C(=C/[N+](=O)[O-])C(C)C. The highest BCUT2D eigenvalue weighted by Crippen LogP contribution is 2.06. The summed E-state index contributed by atoms with van der Waals surface area (Å²) in [4.78, 5) is 9.76. The predicted octanol–water partition coefficient (Wildman–Crippen LogP) is 1.76. The van der Waals surface area contributed by atoms with Gasteiger partial charge in [0.15, 0.2) is 0 Å². The van der Waals surface area contributed by atoms with Crippen LogP contribution in [0.3, 0.4) is 0 Å². The van der Waals surface area contributed by atoms with E-state index >= 15 is 0 Å². The molecule has 0 aliphatic rings. The summed E-state index contributed by atoms with van der Waals surface area (Å²) in [5.41, 5.74) is 0.676. The van der Waals surface area contributed by atoms with E-state index in [9.17, 15) is 10.1 Å². The third-order valence-corrected chi connectivity index (χ3v) is 1.32. The third kappa shape index (κ3) is 4.71. The van der Waals surface area contributed by atoms with Crippen molar-refractivity contribution in [2.45, 2.75) is 33.7 Å². The number of hydrogen-bond donors (Lipinski definition) is 1. The van der Waals surface area contributed by atoms with E-state index in [2.05, 4.69) is 5.32 Å². The summed E-state index contributed by atoms with van der Waals surface area (Å²) < 4.78 is 0. The van der Waals surface area contributed by atoms with Crippen LogP contribution in [0.5, 0.6) is 0 Å². The third-order valence-electron chi connectivity index (χ3n) is 1.32. The minimum Gasteiger partial charge on any atom is -0.381 e. The summed E-state index contributed by atoms with van der Waals surface area (Å²) in [5.74, 6) is 0.165. The number of nitrogens with zero attached hydrogens (tertiary/aromatic N) is 1. The normalized spacial score (nSPS) is 12.3. The van der Waals surface area contributed by atoms with Gasteiger partial charge < -0.3 is 5.32 Å². The Morgan fingerprint density at radius 1 is 1.42 bits per heavy atom. The van der Waals surface area contributed by atoms with Crippen LogP contribution in [0, 0.1) is 16.0 Å². The fraction of sp³-hybridized carbons (Fsp3) is 0.750. The number of nitrogens with one attached hydrogen (secondary N) is 1. The van der Waals surface area contributed by atoms with Crippen LogP contribution >= 0.6 is 0 Å². The van der Waals surface area contributed by atoms with E-state index in [1.807, 2.05) is 27.7 Å². The van der Waals surface area contributed by atoms with Gasteiger partial charge in [-0.1, -0.05) is 13.8 Å². The molecule has 0 unspecified atom stereocenters. The minimum absolute atomic E-state index is 0.165. The van der Waals surface area contributed by atoms with Crippen LogP contribution in [0.25, 0.3) is 0 Å². The average molecular weight is 172 g/mol. The van der Waals surface area contributed by atoms with E-state index in [4.69, 9.17) is 0 Å². The molecule has 0 saturated carbocycles. The molecule has 0 saturated heterocycles. The van der Waals surface area contributed by atoms with Gasteiger partial charge in [-0.05, 0) is 19.8 Å². The zero-order valence-corrected chi connectivity index (χ0v) is 8.00. The molecular formula is C8H16N2O2. The molecule has 0 aromatic rings. The molecular weight excluding hydrogens is 156 g/mol. The van der Waals surface area contributed by atoms with Gasteiger partial charge in [-0.15, -0.1) is 0 Å². The average Bonchev–Trinajstić information content (AvgIpc) is 1.83. The zero-order valence-electron chi connectivity index (χ0n) is 8.00. The van der Waals surface area contributed by atoms with Crippen LogP contribution in [-0.4, -0.2) is 11.0 Å². The monoisotopic (exact) mass is 172 g/mol. The molecule has 0 heterocycles. The Kier molecular flexibility index (Phi) is 4.33. The quantitative estimate of drug-likeness (QED) is 0.519. The van der Waals surface area contributed by atoms with Gasteiger partial charge in [0, 0.05) is 6.04 Å². The molecule has 1 N–H and O–H groups in total. The Balaban J connectivity index is 4.33. The molecule has 0 rings (SSSR count). The molecule has 0 aromatic carbocycles. The summed E-state index contributed by atoms with van der Waals surface area (Å²) in [6.07, 6.45) is 1.03. The molecule has 0 spiro atoms. The first-order valence-electron chi connectivity index (χ1n) is 4.05. The van der Waals surface area contributed by atoms with Crippen LogP contribution in [0.15, 0.2) is 11.9 Å². The van der Waals surface area contributed by atoms with Gasteiger partial charge in [-0.3, -0.25) is 10.1 Å². The largest absolute Gasteiger partial charge is 0.381 e. The van der Waals surface area contributed by atoms with Crippen LogP contribution < -0.4 is 5.32 Å². The van der Waals surface area contributed by atoms with Crippen molar-refractivity contribution in [3.63, 3.8) is 0 Å². The van der Waals surface area contributed by atoms with Crippen LogP contribution in [0.1, 0.15) is 27.7 Å². The van der Waals surface area contributed by atoms with Gasteiger partial charge >= 0.3 is 0 Å². The summed E-state index contributed by atoms with van der Waals surface area (Å²) in [6.45, 7) is 7.75. The van der Waals surface area contributed by atoms with E-state index in [0.717, 1.165) is 6.20 Å². The lowest BCUT2D eigenvalue weighted by atomic mass is 10.1. The number of allylic oxidation sites excluding steroid dienone is 1. The van der Waals surface area contributed by atoms with Gasteiger partial charge in [0.25, 0.3) is 6.20 Å². The predicted molar refractivity (Wildman–Crippen MR) is 48.2 cm³/mol. The second kappa shape index (κ2) is 4.74. The second-order valence-electron chi connectivity index (χ2n) is 3.32. The van der Waals surface area contributed by atoms with Gasteiger partial charge in [-0.25, -0.2) is 0 Å². The second-order valence-corrected chi connectivity index (χ2v) is 3.32. The first kappa shape index (κ1) is 10.9. The molecule has 0 aliphatic heterocycles. The molecule has 0 bridgehead atoms. The molecule has 4 nitrogen and oxygen atoms in total. The summed E-state index contributed by atoms with van der Waals surface area (Å²) in [6, 6.07) is 0.235. The highest BCUT2D eigenvalue weighted by molar-refractivity contribution is 4.98. The Labute approximate surface area is 72.8 Å². The number of hydrogen-bond acceptors (Lipinski definition) is 3. The Morgan fingerprint density at radius 2 is 1.92 bits per heavy atom. The highest BCUT2D eigenvalue weighted by Gasteiger charge is 2.08. The van der Waals surface area contributed by atoms with Crippen molar-refractivity contribution in [3.05, 3.63) is 22.0 Å². The van der Waals surface area contributed by atoms with Crippen LogP contribution in [0.4, 0.5) is 0 Å². The molecule has 12 heavy (non-hydrogen) atoms. The first-order chi connectivity index (χ1) is 5.43. The molecule has 0 radical (unpaired) electrons. The van der Waals surface area contributed by atoms with E-state index in [-0.39, 0.29) is 12.0 Å². The standard InChI is InChI=1S/C8H16N2O2/c1-6(2)8(5-10(11)12)9-7(3)4/h5-7,9H,1-4H3/b8-5+. The van der Waals surface area contributed by atoms with E-state index < -0.39 is 4.92 Å². The van der Waals surface area contributed by atoms with E-state index in [1.165, 1.54) is 0 Å². The maximum Gasteiger partial charge on any atom is 0.253 e. The summed E-state index contributed by atoms with van der Waals surface area (Å²) in [7, 11) is 0. The van der Waals surface area contributed by atoms with Crippen molar-refractivity contribution < 1.29 is 4.92 Å². The molecule has 4 heteroatoms. The lowest BCUT2D eigenvalue weighted by molar-refractivity contribution is -0.404. The van der Waals surface area contributed by atoms with Gasteiger partial charge in [0.2, 0.25) is 0 Å². The van der Waals surface area contributed by atoms with Gasteiger partial charge in [-0.2, -0.15) is 0 Å².